The molecule has 5 heteroatoms. The lowest BCUT2D eigenvalue weighted by atomic mass is 9.72. The minimum absolute atomic E-state index is 0.121. The Hall–Kier alpha value is -3.60. The summed E-state index contributed by atoms with van der Waals surface area (Å²) in [5.41, 5.74) is 6.61. The number of carbonyl (C=O) groups is 2. The second-order valence-corrected chi connectivity index (χ2v) is 12.9. The molecule has 0 amide bonds. The van der Waals surface area contributed by atoms with Crippen molar-refractivity contribution in [3.05, 3.63) is 100 Å². The van der Waals surface area contributed by atoms with E-state index >= 15 is 0 Å². The van der Waals surface area contributed by atoms with Crippen LogP contribution in [0.15, 0.2) is 66.7 Å². The maximum atomic E-state index is 11.6. The van der Waals surface area contributed by atoms with Gasteiger partial charge in [-0.1, -0.05) is 82.1 Å². The molecule has 2 atom stereocenters. The first-order chi connectivity index (χ1) is 20.1. The van der Waals surface area contributed by atoms with Gasteiger partial charge in [-0.3, -0.25) is 4.79 Å². The summed E-state index contributed by atoms with van der Waals surface area (Å²) in [7, 11) is 0. The van der Waals surface area contributed by atoms with Gasteiger partial charge in [-0.15, -0.1) is 0 Å². The first-order valence-corrected chi connectivity index (χ1v) is 15.5. The molecule has 0 spiro atoms. The van der Waals surface area contributed by atoms with E-state index in [9.17, 15) is 14.7 Å². The minimum Gasteiger partial charge on any atom is -0.489 e. The molecule has 42 heavy (non-hydrogen) atoms. The third kappa shape index (κ3) is 8.70. The fourth-order valence-electron chi connectivity index (χ4n) is 6.33. The minimum atomic E-state index is -0.878. The van der Waals surface area contributed by atoms with Crippen LogP contribution in [0.5, 0.6) is 5.75 Å². The lowest BCUT2D eigenvalue weighted by Crippen LogP contribution is -2.20. The van der Waals surface area contributed by atoms with Crippen LogP contribution in [0.1, 0.15) is 116 Å². The van der Waals surface area contributed by atoms with Crippen LogP contribution in [0, 0.1) is 5.92 Å². The lowest BCUT2D eigenvalue weighted by molar-refractivity contribution is -0.137. The first-order valence-electron chi connectivity index (χ1n) is 15.5. The lowest BCUT2D eigenvalue weighted by Gasteiger charge is -2.33. The largest absolute Gasteiger partial charge is 0.489 e. The van der Waals surface area contributed by atoms with Crippen LogP contribution in [-0.2, 0) is 29.7 Å². The second kappa shape index (κ2) is 14.5. The molecule has 1 aliphatic carbocycles. The van der Waals surface area contributed by atoms with Gasteiger partial charge in [-0.25, -0.2) is 4.79 Å². The standard InChI is InChI=1S/C37H46O5/c1-37(2,3)31-21-16-26(17-22-31)25-42-34-14-8-7-11-28(34)19-18-27(10-5-4-6-15-35(38)39)32-13-9-12-29-24-30(36(40)41)20-23-33(29)32/h7-8,11,14,16-17,20-24,27,32H,4-6,9-10,12-13,15,18-19,25H2,1-3H3,(H,38,39)(H,40,41). The van der Waals surface area contributed by atoms with Crippen LogP contribution in [0.4, 0.5) is 0 Å². The van der Waals surface area contributed by atoms with Crippen LogP contribution >= 0.6 is 0 Å². The van der Waals surface area contributed by atoms with Crippen LogP contribution in [0.25, 0.3) is 0 Å². The number of fused-ring (bicyclic) bond motifs is 1. The molecule has 3 aromatic rings. The molecular weight excluding hydrogens is 524 g/mol. The number of ether oxygens (including phenoxy) is 1. The Bertz CT molecular complexity index is 1340. The van der Waals surface area contributed by atoms with E-state index in [2.05, 4.69) is 63.2 Å². The number of rotatable bonds is 14. The molecule has 0 saturated carbocycles. The predicted molar refractivity (Wildman–Crippen MR) is 168 cm³/mol. The Labute approximate surface area is 250 Å². The van der Waals surface area contributed by atoms with Gasteiger partial charge in [0.2, 0.25) is 0 Å². The fraction of sp³-hybridized carbons (Fsp3) is 0.459. The van der Waals surface area contributed by atoms with Gasteiger partial charge >= 0.3 is 11.9 Å². The number of aromatic carboxylic acids is 1. The summed E-state index contributed by atoms with van der Waals surface area (Å²) in [5.74, 6) is 0.126. The number of hydrogen-bond donors (Lipinski definition) is 2. The predicted octanol–water partition coefficient (Wildman–Crippen LogP) is 8.97. The quantitative estimate of drug-likeness (QED) is 0.189. The highest BCUT2D eigenvalue weighted by molar-refractivity contribution is 5.88. The van der Waals surface area contributed by atoms with Crippen molar-refractivity contribution in [3.63, 3.8) is 0 Å². The van der Waals surface area contributed by atoms with E-state index in [1.807, 2.05) is 18.2 Å². The first kappa shape index (κ1) is 31.3. The number of para-hydroxylation sites is 1. The highest BCUT2D eigenvalue weighted by atomic mass is 16.5. The van der Waals surface area contributed by atoms with Gasteiger partial charge in [0, 0.05) is 6.42 Å². The van der Waals surface area contributed by atoms with E-state index in [1.54, 1.807) is 6.07 Å². The van der Waals surface area contributed by atoms with Crippen LogP contribution in [0.2, 0.25) is 0 Å². The Morgan fingerprint density at radius 1 is 0.929 bits per heavy atom. The molecule has 5 nitrogen and oxygen atoms in total. The average molecular weight is 571 g/mol. The molecule has 0 fully saturated rings. The number of unbranched alkanes of at least 4 members (excludes halogenated alkanes) is 2. The van der Waals surface area contributed by atoms with Crippen molar-refractivity contribution in [2.75, 3.05) is 0 Å². The topological polar surface area (TPSA) is 83.8 Å². The number of aryl methyl sites for hydroxylation is 2. The van der Waals surface area contributed by atoms with E-state index in [1.165, 1.54) is 22.3 Å². The van der Waals surface area contributed by atoms with Crippen molar-refractivity contribution in [2.45, 2.75) is 103 Å². The molecule has 4 rings (SSSR count). The summed E-state index contributed by atoms with van der Waals surface area (Å²) in [5, 5.41) is 18.6. The van der Waals surface area contributed by atoms with E-state index in [4.69, 9.17) is 9.84 Å². The molecule has 0 radical (unpaired) electrons. The third-order valence-electron chi connectivity index (χ3n) is 8.76. The molecule has 3 aromatic carbocycles. The number of aliphatic carboxylic acids is 1. The van der Waals surface area contributed by atoms with Crippen molar-refractivity contribution < 1.29 is 24.5 Å². The summed E-state index contributed by atoms with van der Waals surface area (Å²) in [4.78, 5) is 22.6. The van der Waals surface area contributed by atoms with Crippen LogP contribution < -0.4 is 4.74 Å². The van der Waals surface area contributed by atoms with Gasteiger partial charge in [-0.05, 0) is 108 Å². The van der Waals surface area contributed by atoms with Crippen LogP contribution in [-0.4, -0.2) is 22.2 Å². The summed E-state index contributed by atoms with van der Waals surface area (Å²) < 4.78 is 6.34. The Morgan fingerprint density at radius 2 is 1.69 bits per heavy atom. The van der Waals surface area contributed by atoms with E-state index in [0.717, 1.165) is 62.7 Å². The maximum absolute atomic E-state index is 11.6. The average Bonchev–Trinajstić information content (AvgIpc) is 2.97. The fourth-order valence-corrected chi connectivity index (χ4v) is 6.33. The summed E-state index contributed by atoms with van der Waals surface area (Å²) in [6.45, 7) is 7.18. The SMILES string of the molecule is CC(C)(C)c1ccc(COc2ccccc2CCC(CCCCCC(=O)O)C2CCCc3cc(C(=O)O)ccc32)cc1. The van der Waals surface area contributed by atoms with Gasteiger partial charge in [-0.2, -0.15) is 0 Å². The van der Waals surface area contributed by atoms with Gasteiger partial charge in [0.25, 0.3) is 0 Å². The molecular formula is C37H46O5. The zero-order valence-corrected chi connectivity index (χ0v) is 25.4. The number of carboxylic acids is 2. The van der Waals surface area contributed by atoms with Gasteiger partial charge in [0.15, 0.2) is 0 Å². The monoisotopic (exact) mass is 570 g/mol. The molecule has 224 valence electrons. The Kier molecular flexibility index (Phi) is 10.8. The Balaban J connectivity index is 1.46. The van der Waals surface area contributed by atoms with E-state index in [0.29, 0.717) is 30.4 Å². The van der Waals surface area contributed by atoms with Crippen molar-refractivity contribution in [3.8, 4) is 5.75 Å². The zero-order valence-electron chi connectivity index (χ0n) is 25.4. The highest BCUT2D eigenvalue weighted by Crippen LogP contribution is 2.42. The maximum Gasteiger partial charge on any atom is 0.335 e. The number of benzene rings is 3. The molecule has 0 aromatic heterocycles. The van der Waals surface area contributed by atoms with Gasteiger partial charge in [0.05, 0.1) is 5.56 Å². The highest BCUT2D eigenvalue weighted by Gasteiger charge is 2.28. The zero-order chi connectivity index (χ0) is 30.1. The Morgan fingerprint density at radius 3 is 2.40 bits per heavy atom. The van der Waals surface area contributed by atoms with Crippen LogP contribution in [0.3, 0.4) is 0 Å². The molecule has 0 bridgehead atoms. The molecule has 0 heterocycles. The van der Waals surface area contributed by atoms with E-state index < -0.39 is 11.9 Å². The van der Waals surface area contributed by atoms with Gasteiger partial charge < -0.3 is 14.9 Å². The molecule has 2 N–H and O–H groups in total. The number of hydrogen-bond acceptors (Lipinski definition) is 3. The summed E-state index contributed by atoms with van der Waals surface area (Å²) >= 11 is 0. The van der Waals surface area contributed by atoms with Crippen molar-refractivity contribution in [1.29, 1.82) is 0 Å². The van der Waals surface area contributed by atoms with Crippen molar-refractivity contribution in [1.82, 2.24) is 0 Å². The number of carboxylic acid groups (broad SMARTS) is 2. The molecule has 2 unspecified atom stereocenters. The molecule has 0 aliphatic heterocycles. The second-order valence-electron chi connectivity index (χ2n) is 12.9. The van der Waals surface area contributed by atoms with Crippen molar-refractivity contribution >= 4 is 11.9 Å². The summed E-state index contributed by atoms with van der Waals surface area (Å²) in [6, 6.07) is 22.7. The summed E-state index contributed by atoms with van der Waals surface area (Å²) in [6.07, 6.45) is 8.86. The normalized spacial score (nSPS) is 15.5. The third-order valence-corrected chi connectivity index (χ3v) is 8.76. The molecule has 0 saturated heterocycles. The van der Waals surface area contributed by atoms with Gasteiger partial charge in [0.1, 0.15) is 12.4 Å². The van der Waals surface area contributed by atoms with E-state index in [-0.39, 0.29) is 11.8 Å². The smallest absolute Gasteiger partial charge is 0.335 e. The van der Waals surface area contributed by atoms with Crippen molar-refractivity contribution in [2.24, 2.45) is 5.92 Å². The molecule has 1 aliphatic rings.